The summed E-state index contributed by atoms with van der Waals surface area (Å²) in [5.41, 5.74) is 0. The van der Waals surface area contributed by atoms with Gasteiger partial charge in [-0.25, -0.2) is 0 Å². The van der Waals surface area contributed by atoms with Crippen molar-refractivity contribution >= 4 is 21.8 Å². The molecule has 5 heteroatoms. The van der Waals surface area contributed by atoms with Crippen LogP contribution in [0.5, 0.6) is 5.75 Å². The van der Waals surface area contributed by atoms with Crippen molar-refractivity contribution in [1.29, 1.82) is 0 Å². The van der Waals surface area contributed by atoms with Gasteiger partial charge in [0.1, 0.15) is 12.4 Å². The zero-order valence-electron chi connectivity index (χ0n) is 12.4. The summed E-state index contributed by atoms with van der Waals surface area (Å²) in [6.07, 6.45) is 0. The number of hydrogen-bond acceptors (Lipinski definition) is 3. The minimum atomic E-state index is 0.0600. The highest BCUT2D eigenvalue weighted by molar-refractivity contribution is 9.10. The van der Waals surface area contributed by atoms with E-state index >= 15 is 0 Å². The lowest BCUT2D eigenvalue weighted by molar-refractivity contribution is -0.122. The van der Waals surface area contributed by atoms with Gasteiger partial charge in [-0.2, -0.15) is 0 Å². The summed E-state index contributed by atoms with van der Waals surface area (Å²) in [5, 5.41) is 2.90. The lowest BCUT2D eigenvalue weighted by atomic mass is 10.2. The number of ether oxygens (including phenoxy) is 1. The summed E-state index contributed by atoms with van der Waals surface area (Å²) in [4.78, 5) is 13.6. The molecule has 0 radical (unpaired) electrons. The van der Waals surface area contributed by atoms with E-state index < -0.39 is 0 Å². The van der Waals surface area contributed by atoms with E-state index in [0.717, 1.165) is 16.8 Å². The predicted octanol–water partition coefficient (Wildman–Crippen LogP) is 2.53. The highest BCUT2D eigenvalue weighted by Crippen LogP contribution is 2.15. The Bertz CT molecular complexity index is 407. The predicted molar refractivity (Wildman–Crippen MR) is 85.0 cm³/mol. The molecule has 1 aromatic carbocycles. The third-order valence-corrected chi connectivity index (χ3v) is 3.21. The molecule has 4 nitrogen and oxygen atoms in total. The standard InChI is InChI=1S/C15H23BrN2O2/c1-12(2)10-17-15(19)11-18(3)8-9-20-14-6-4-13(16)5-7-14/h4-7,12H,8-11H2,1-3H3,(H,17,19). The van der Waals surface area contributed by atoms with Crippen LogP contribution in [-0.4, -0.2) is 44.1 Å². The van der Waals surface area contributed by atoms with E-state index in [1.165, 1.54) is 0 Å². The van der Waals surface area contributed by atoms with Gasteiger partial charge in [0.05, 0.1) is 6.54 Å². The van der Waals surface area contributed by atoms with Crippen LogP contribution in [0.25, 0.3) is 0 Å². The average molecular weight is 343 g/mol. The van der Waals surface area contributed by atoms with E-state index in [9.17, 15) is 4.79 Å². The molecule has 0 unspecified atom stereocenters. The molecule has 1 aromatic rings. The third-order valence-electron chi connectivity index (χ3n) is 2.68. The Labute approximate surface area is 129 Å². The fourth-order valence-corrected chi connectivity index (χ4v) is 1.81. The van der Waals surface area contributed by atoms with Crippen LogP contribution in [0, 0.1) is 5.92 Å². The summed E-state index contributed by atoms with van der Waals surface area (Å²) in [7, 11) is 1.92. The van der Waals surface area contributed by atoms with E-state index in [1.54, 1.807) is 0 Å². The van der Waals surface area contributed by atoms with Crippen LogP contribution in [0.2, 0.25) is 0 Å². The Hall–Kier alpha value is -1.07. The van der Waals surface area contributed by atoms with Crippen LogP contribution < -0.4 is 10.1 Å². The van der Waals surface area contributed by atoms with Crippen LogP contribution in [0.4, 0.5) is 0 Å². The Morgan fingerprint density at radius 2 is 2.00 bits per heavy atom. The summed E-state index contributed by atoms with van der Waals surface area (Å²) < 4.78 is 6.65. The molecule has 0 aliphatic rings. The van der Waals surface area contributed by atoms with Crippen molar-refractivity contribution in [2.24, 2.45) is 5.92 Å². The smallest absolute Gasteiger partial charge is 0.234 e. The zero-order chi connectivity index (χ0) is 15.0. The molecule has 0 aromatic heterocycles. The van der Waals surface area contributed by atoms with Crippen molar-refractivity contribution in [2.75, 3.05) is 33.3 Å². The molecule has 1 amide bonds. The number of nitrogens with one attached hydrogen (secondary N) is 1. The van der Waals surface area contributed by atoms with Gasteiger partial charge >= 0.3 is 0 Å². The van der Waals surface area contributed by atoms with E-state index in [4.69, 9.17) is 4.74 Å². The summed E-state index contributed by atoms with van der Waals surface area (Å²) in [5.74, 6) is 1.38. The van der Waals surface area contributed by atoms with Gasteiger partial charge in [0, 0.05) is 17.6 Å². The Kier molecular flexibility index (Phi) is 7.62. The lowest BCUT2D eigenvalue weighted by Gasteiger charge is -2.17. The summed E-state index contributed by atoms with van der Waals surface area (Å²) in [6.45, 7) is 6.56. The van der Waals surface area contributed by atoms with Gasteiger partial charge < -0.3 is 10.1 Å². The van der Waals surface area contributed by atoms with Crippen molar-refractivity contribution in [3.8, 4) is 5.75 Å². The first-order valence-electron chi connectivity index (χ1n) is 6.81. The first-order chi connectivity index (χ1) is 9.47. The fraction of sp³-hybridized carbons (Fsp3) is 0.533. The molecular formula is C15H23BrN2O2. The summed E-state index contributed by atoms with van der Waals surface area (Å²) in [6, 6.07) is 7.72. The second-order valence-corrected chi connectivity index (χ2v) is 6.15. The number of halogens is 1. The third kappa shape index (κ3) is 7.50. The molecular weight excluding hydrogens is 320 g/mol. The second-order valence-electron chi connectivity index (χ2n) is 5.24. The number of benzene rings is 1. The normalized spacial score (nSPS) is 10.9. The van der Waals surface area contributed by atoms with Gasteiger partial charge in [0.15, 0.2) is 0 Å². The molecule has 0 atom stereocenters. The highest BCUT2D eigenvalue weighted by atomic mass is 79.9. The number of carbonyl (C=O) groups excluding carboxylic acids is 1. The molecule has 0 aliphatic heterocycles. The van der Waals surface area contributed by atoms with Crippen LogP contribution in [-0.2, 0) is 4.79 Å². The van der Waals surface area contributed by atoms with E-state index in [2.05, 4.69) is 35.1 Å². The lowest BCUT2D eigenvalue weighted by Crippen LogP contribution is -2.38. The molecule has 0 aliphatic carbocycles. The van der Waals surface area contributed by atoms with Gasteiger partial charge in [-0.15, -0.1) is 0 Å². The zero-order valence-corrected chi connectivity index (χ0v) is 13.9. The number of hydrogen-bond donors (Lipinski definition) is 1. The minimum Gasteiger partial charge on any atom is -0.492 e. The average Bonchev–Trinajstić information content (AvgIpc) is 2.38. The van der Waals surface area contributed by atoms with E-state index in [-0.39, 0.29) is 5.91 Å². The van der Waals surface area contributed by atoms with Crippen molar-refractivity contribution in [3.63, 3.8) is 0 Å². The first-order valence-corrected chi connectivity index (χ1v) is 7.60. The number of amides is 1. The van der Waals surface area contributed by atoms with Crippen LogP contribution in [0.15, 0.2) is 28.7 Å². The molecule has 0 bridgehead atoms. The van der Waals surface area contributed by atoms with Gasteiger partial charge in [0.2, 0.25) is 5.91 Å². The molecule has 0 heterocycles. The fourth-order valence-electron chi connectivity index (χ4n) is 1.55. The largest absolute Gasteiger partial charge is 0.492 e. The molecule has 0 saturated carbocycles. The number of likely N-dealkylation sites (N-methyl/N-ethyl adjacent to an activating group) is 1. The Morgan fingerprint density at radius 3 is 2.60 bits per heavy atom. The van der Waals surface area contributed by atoms with E-state index in [1.807, 2.05) is 36.2 Å². The van der Waals surface area contributed by atoms with Crippen molar-refractivity contribution < 1.29 is 9.53 Å². The molecule has 112 valence electrons. The number of carbonyl (C=O) groups is 1. The Balaban J connectivity index is 2.18. The number of nitrogens with zero attached hydrogens (tertiary/aromatic N) is 1. The maximum Gasteiger partial charge on any atom is 0.234 e. The monoisotopic (exact) mass is 342 g/mol. The molecule has 0 saturated heterocycles. The second kappa shape index (κ2) is 8.97. The van der Waals surface area contributed by atoms with Crippen molar-refractivity contribution in [1.82, 2.24) is 10.2 Å². The van der Waals surface area contributed by atoms with Gasteiger partial charge in [-0.3, -0.25) is 9.69 Å². The first kappa shape index (κ1) is 17.0. The molecule has 20 heavy (non-hydrogen) atoms. The van der Waals surface area contributed by atoms with Gasteiger partial charge in [-0.1, -0.05) is 29.8 Å². The maximum absolute atomic E-state index is 11.6. The number of rotatable bonds is 8. The van der Waals surface area contributed by atoms with Crippen molar-refractivity contribution in [3.05, 3.63) is 28.7 Å². The van der Waals surface area contributed by atoms with Crippen molar-refractivity contribution in [2.45, 2.75) is 13.8 Å². The van der Waals surface area contributed by atoms with E-state index in [0.29, 0.717) is 25.6 Å². The highest BCUT2D eigenvalue weighted by Gasteiger charge is 2.06. The Morgan fingerprint density at radius 1 is 1.35 bits per heavy atom. The van der Waals surface area contributed by atoms with Crippen LogP contribution >= 0.6 is 15.9 Å². The maximum atomic E-state index is 11.6. The molecule has 0 fully saturated rings. The van der Waals surface area contributed by atoms with Gasteiger partial charge in [-0.05, 0) is 37.2 Å². The minimum absolute atomic E-state index is 0.0600. The topological polar surface area (TPSA) is 41.6 Å². The molecule has 0 spiro atoms. The van der Waals surface area contributed by atoms with Crippen LogP contribution in [0.1, 0.15) is 13.8 Å². The SMILES string of the molecule is CC(C)CNC(=O)CN(C)CCOc1ccc(Br)cc1. The molecule has 1 rings (SSSR count). The van der Waals surface area contributed by atoms with Crippen LogP contribution in [0.3, 0.4) is 0 Å². The quantitative estimate of drug-likeness (QED) is 0.789. The summed E-state index contributed by atoms with van der Waals surface area (Å²) >= 11 is 3.38. The molecule has 1 N–H and O–H groups in total. The van der Waals surface area contributed by atoms with Gasteiger partial charge in [0.25, 0.3) is 0 Å².